The zero-order valence-corrected chi connectivity index (χ0v) is 17.5. The van der Waals surface area contributed by atoms with E-state index in [1.165, 1.54) is 13.2 Å². The molecule has 3 rings (SSSR count). The summed E-state index contributed by atoms with van der Waals surface area (Å²) in [5.74, 6) is -0.539. The van der Waals surface area contributed by atoms with Gasteiger partial charge in [0.05, 0.1) is 18.2 Å². The average molecular weight is 431 g/mol. The lowest BCUT2D eigenvalue weighted by molar-refractivity contribution is -0.137. The highest BCUT2D eigenvalue weighted by Gasteiger charge is 2.30. The van der Waals surface area contributed by atoms with Crippen LogP contribution < -0.4 is 0 Å². The maximum absolute atomic E-state index is 13.0. The number of nitrogens with zero attached hydrogens (tertiary/aromatic N) is 1. The number of rotatable bonds is 6. The summed E-state index contributed by atoms with van der Waals surface area (Å²) >= 11 is 0. The molecule has 1 aliphatic rings. The Morgan fingerprint density at radius 2 is 1.74 bits per heavy atom. The molecule has 7 heteroatoms. The molecule has 0 aromatic heterocycles. The molecule has 0 fully saturated rings. The number of amides is 1. The van der Waals surface area contributed by atoms with Gasteiger partial charge in [0.2, 0.25) is 5.91 Å². The summed E-state index contributed by atoms with van der Waals surface area (Å²) in [6.45, 7) is 0.362. The van der Waals surface area contributed by atoms with E-state index in [1.807, 2.05) is 0 Å². The van der Waals surface area contributed by atoms with Crippen LogP contribution in [0.15, 0.2) is 59.7 Å². The summed E-state index contributed by atoms with van der Waals surface area (Å²) in [6.07, 6.45) is -1.90. The van der Waals surface area contributed by atoms with Crippen molar-refractivity contribution < 1.29 is 27.5 Å². The fourth-order valence-corrected chi connectivity index (χ4v) is 3.80. The molecule has 0 spiro atoms. The predicted molar refractivity (Wildman–Crippen MR) is 110 cm³/mol. The Kier molecular flexibility index (Phi) is 6.83. The van der Waals surface area contributed by atoms with Gasteiger partial charge in [0.1, 0.15) is 0 Å². The Hall–Kier alpha value is -3.09. The van der Waals surface area contributed by atoms with Crippen LogP contribution >= 0.6 is 0 Å². The first-order valence-electron chi connectivity index (χ1n) is 9.99. The van der Waals surface area contributed by atoms with Crippen LogP contribution in [-0.4, -0.2) is 30.9 Å². The highest BCUT2D eigenvalue weighted by Crippen LogP contribution is 2.33. The van der Waals surface area contributed by atoms with Crippen molar-refractivity contribution in [2.75, 3.05) is 14.2 Å². The van der Waals surface area contributed by atoms with Crippen molar-refractivity contribution in [3.8, 4) is 0 Å². The van der Waals surface area contributed by atoms with Crippen molar-refractivity contribution in [2.45, 2.75) is 38.4 Å². The fourth-order valence-electron chi connectivity index (χ4n) is 3.80. The number of hydrogen-bond donors (Lipinski definition) is 0. The minimum atomic E-state index is -4.39. The van der Waals surface area contributed by atoms with E-state index in [9.17, 15) is 22.8 Å². The van der Waals surface area contributed by atoms with Crippen LogP contribution in [0.3, 0.4) is 0 Å². The monoisotopic (exact) mass is 431 g/mol. The number of esters is 1. The van der Waals surface area contributed by atoms with E-state index < -0.39 is 17.7 Å². The number of methoxy groups -OCH3 is 1. The average Bonchev–Trinajstić information content (AvgIpc) is 3.20. The number of carbonyl (C=O) groups excluding carboxylic acids is 2. The number of halogens is 3. The molecule has 1 amide bonds. The topological polar surface area (TPSA) is 46.6 Å². The van der Waals surface area contributed by atoms with Crippen molar-refractivity contribution in [2.24, 2.45) is 0 Å². The second-order valence-electron chi connectivity index (χ2n) is 7.66. The first-order valence-corrected chi connectivity index (χ1v) is 9.99. The van der Waals surface area contributed by atoms with Gasteiger partial charge in [0.15, 0.2) is 0 Å². The molecule has 0 aliphatic heterocycles. The Morgan fingerprint density at radius 1 is 1.03 bits per heavy atom. The number of likely N-dealkylation sites (N-methyl/N-ethyl adjacent to an activating group) is 1. The molecule has 0 N–H and O–H groups in total. The highest BCUT2D eigenvalue weighted by molar-refractivity contribution is 5.94. The van der Waals surface area contributed by atoms with E-state index in [-0.39, 0.29) is 5.91 Å². The van der Waals surface area contributed by atoms with E-state index in [2.05, 4.69) is 4.74 Å². The van der Waals surface area contributed by atoms with Crippen LogP contribution in [0.4, 0.5) is 13.2 Å². The van der Waals surface area contributed by atoms with Crippen LogP contribution in [-0.2, 0) is 28.7 Å². The number of alkyl halides is 3. The van der Waals surface area contributed by atoms with E-state index in [0.717, 1.165) is 29.7 Å². The molecule has 164 valence electrons. The van der Waals surface area contributed by atoms with Gasteiger partial charge in [0, 0.05) is 19.2 Å². The van der Waals surface area contributed by atoms with E-state index in [4.69, 9.17) is 0 Å². The summed E-state index contributed by atoms with van der Waals surface area (Å²) in [5, 5.41) is 0. The summed E-state index contributed by atoms with van der Waals surface area (Å²) in [7, 11) is 3.01. The molecule has 0 radical (unpaired) electrons. The maximum Gasteiger partial charge on any atom is 0.416 e. The summed E-state index contributed by atoms with van der Waals surface area (Å²) < 4.78 is 43.6. The number of allylic oxidation sites excluding steroid dienone is 1. The molecule has 31 heavy (non-hydrogen) atoms. The van der Waals surface area contributed by atoms with Crippen molar-refractivity contribution in [3.63, 3.8) is 0 Å². The number of ether oxygens (including phenoxy) is 1. The molecule has 2 aromatic carbocycles. The molecular formula is C24H24F3NO3. The lowest BCUT2D eigenvalue weighted by atomic mass is 9.99. The van der Waals surface area contributed by atoms with Gasteiger partial charge in [-0.2, -0.15) is 13.2 Å². The molecule has 0 saturated carbocycles. The Balaban J connectivity index is 1.72. The van der Waals surface area contributed by atoms with E-state index in [1.54, 1.807) is 42.3 Å². The largest absolute Gasteiger partial charge is 0.465 e. The van der Waals surface area contributed by atoms with Crippen molar-refractivity contribution >= 4 is 11.9 Å². The number of benzene rings is 2. The zero-order chi connectivity index (χ0) is 22.6. The maximum atomic E-state index is 13.0. The highest BCUT2D eigenvalue weighted by atomic mass is 19.4. The first kappa shape index (κ1) is 22.6. The van der Waals surface area contributed by atoms with Crippen molar-refractivity contribution in [1.29, 1.82) is 0 Å². The van der Waals surface area contributed by atoms with Gasteiger partial charge >= 0.3 is 12.1 Å². The fraction of sp³-hybridized carbons (Fsp3) is 0.333. The van der Waals surface area contributed by atoms with E-state index in [0.29, 0.717) is 42.5 Å². The van der Waals surface area contributed by atoms with Gasteiger partial charge < -0.3 is 9.64 Å². The number of carbonyl (C=O) groups is 2. The number of hydrogen-bond acceptors (Lipinski definition) is 3. The van der Waals surface area contributed by atoms with Gasteiger partial charge in [-0.1, -0.05) is 35.9 Å². The van der Waals surface area contributed by atoms with Crippen molar-refractivity contribution in [1.82, 2.24) is 4.90 Å². The van der Waals surface area contributed by atoms with Gasteiger partial charge in [-0.05, 0) is 55.0 Å². The predicted octanol–water partition coefficient (Wildman–Crippen LogP) is 5.17. The van der Waals surface area contributed by atoms with Crippen molar-refractivity contribution in [3.05, 3.63) is 81.9 Å². The Morgan fingerprint density at radius 3 is 2.39 bits per heavy atom. The minimum Gasteiger partial charge on any atom is -0.465 e. The van der Waals surface area contributed by atoms with Gasteiger partial charge in [0.25, 0.3) is 0 Å². The van der Waals surface area contributed by atoms with Gasteiger partial charge in [-0.3, -0.25) is 4.79 Å². The molecular weight excluding hydrogens is 407 g/mol. The third-order valence-electron chi connectivity index (χ3n) is 5.40. The molecule has 0 atom stereocenters. The molecule has 2 aromatic rings. The Bertz CT molecular complexity index is 994. The summed E-state index contributed by atoms with van der Waals surface area (Å²) in [4.78, 5) is 26.1. The summed E-state index contributed by atoms with van der Waals surface area (Å²) in [5.41, 5.74) is 2.76. The van der Waals surface area contributed by atoms with Gasteiger partial charge in [-0.25, -0.2) is 4.79 Å². The zero-order valence-electron chi connectivity index (χ0n) is 17.5. The third kappa shape index (κ3) is 5.54. The Labute approximate surface area is 179 Å². The quantitative estimate of drug-likeness (QED) is 0.593. The molecule has 4 nitrogen and oxygen atoms in total. The lowest BCUT2D eigenvalue weighted by Crippen LogP contribution is -2.27. The standard InChI is InChI=1S/C24H24F3NO3/c1-28(15-16-9-11-18(12-10-16)23(30)31-2)22(29)21-8-4-6-19(21)13-17-5-3-7-20(14-17)24(25,26)27/h3,5,7,9-12,14H,4,6,8,13,15H2,1-2H3. The normalized spacial score (nSPS) is 14.0. The van der Waals surface area contributed by atoms with Crippen LogP contribution in [0, 0.1) is 0 Å². The minimum absolute atomic E-state index is 0.114. The summed E-state index contributed by atoms with van der Waals surface area (Å²) in [6, 6.07) is 12.1. The second-order valence-corrected chi connectivity index (χ2v) is 7.66. The molecule has 0 unspecified atom stereocenters. The first-order chi connectivity index (χ1) is 14.7. The lowest BCUT2D eigenvalue weighted by Gasteiger charge is -2.19. The molecule has 1 aliphatic carbocycles. The molecule has 0 bridgehead atoms. The van der Waals surface area contributed by atoms with Crippen LogP contribution in [0.25, 0.3) is 0 Å². The van der Waals surface area contributed by atoms with E-state index >= 15 is 0 Å². The van der Waals surface area contributed by atoms with Crippen LogP contribution in [0.1, 0.15) is 46.3 Å². The molecule has 0 heterocycles. The van der Waals surface area contributed by atoms with Crippen LogP contribution in [0.2, 0.25) is 0 Å². The smallest absolute Gasteiger partial charge is 0.416 e. The molecule has 0 saturated heterocycles. The van der Waals surface area contributed by atoms with Crippen LogP contribution in [0.5, 0.6) is 0 Å². The SMILES string of the molecule is COC(=O)c1ccc(CN(C)C(=O)C2=C(Cc3cccc(C(F)(F)F)c3)CCC2)cc1. The van der Waals surface area contributed by atoms with Gasteiger partial charge in [-0.15, -0.1) is 0 Å². The third-order valence-corrected chi connectivity index (χ3v) is 5.40. The second kappa shape index (κ2) is 9.37.